The van der Waals surface area contributed by atoms with E-state index in [-0.39, 0.29) is 24.7 Å². The first-order valence-electron chi connectivity index (χ1n) is 10.1. The van der Waals surface area contributed by atoms with Gasteiger partial charge >= 0.3 is 5.97 Å². The van der Waals surface area contributed by atoms with Crippen molar-refractivity contribution in [2.45, 2.75) is 44.9 Å². The minimum Gasteiger partial charge on any atom is -0.485 e. The van der Waals surface area contributed by atoms with Gasteiger partial charge in [-0.2, -0.15) is 0 Å². The second kappa shape index (κ2) is 11.1. The lowest BCUT2D eigenvalue weighted by atomic mass is 10.0. The summed E-state index contributed by atoms with van der Waals surface area (Å²) in [5, 5.41) is 13.3. The molecule has 0 atom stereocenters. The van der Waals surface area contributed by atoms with Crippen molar-refractivity contribution in [3.05, 3.63) is 46.2 Å². The number of nitrogens with two attached hydrogens (primary N) is 1. The van der Waals surface area contributed by atoms with Crippen molar-refractivity contribution in [2.24, 2.45) is 0 Å². The van der Waals surface area contributed by atoms with Crippen LogP contribution in [0.1, 0.15) is 42.4 Å². The lowest BCUT2D eigenvalue weighted by molar-refractivity contribution is -0.139. The average molecular weight is 491 g/mol. The number of aryl methyl sites for hydroxylation is 1. The molecule has 0 saturated heterocycles. The number of esters is 1. The third-order valence-electron chi connectivity index (χ3n) is 4.57. The second-order valence-electron chi connectivity index (χ2n) is 7.49. The molecule has 2 aromatic heterocycles. The fourth-order valence-corrected chi connectivity index (χ4v) is 4.24. The van der Waals surface area contributed by atoms with Crippen LogP contribution in [0, 0.1) is 6.92 Å². The van der Waals surface area contributed by atoms with E-state index in [1.165, 1.54) is 23.1 Å². The molecule has 1 aromatic carbocycles. The lowest BCUT2D eigenvalue weighted by Gasteiger charge is -2.14. The maximum atomic E-state index is 12.3. The van der Waals surface area contributed by atoms with E-state index in [9.17, 15) is 9.59 Å². The van der Waals surface area contributed by atoms with Crippen LogP contribution in [0.3, 0.4) is 0 Å². The number of rotatable bonds is 10. The number of nitrogens with zero attached hydrogens (tertiary/aromatic N) is 4. The summed E-state index contributed by atoms with van der Waals surface area (Å²) in [6.07, 6.45) is 0.0555. The number of thiazole rings is 1. The number of carbonyl (C=O) groups is 2. The molecule has 0 aliphatic carbocycles. The summed E-state index contributed by atoms with van der Waals surface area (Å²) in [6, 6.07) is 6.10. The maximum absolute atomic E-state index is 12.3. The fourth-order valence-electron chi connectivity index (χ4n) is 2.84. The molecule has 2 heterocycles. The molecule has 3 aromatic rings. The molecule has 12 heteroatoms. The van der Waals surface area contributed by atoms with Crippen LogP contribution in [0.25, 0.3) is 0 Å². The highest BCUT2D eigenvalue weighted by atomic mass is 32.2. The minimum absolute atomic E-state index is 0.0555. The monoisotopic (exact) mass is 490 g/mol. The molecule has 0 unspecified atom stereocenters. The van der Waals surface area contributed by atoms with Crippen molar-refractivity contribution in [1.82, 2.24) is 19.9 Å². The summed E-state index contributed by atoms with van der Waals surface area (Å²) in [4.78, 5) is 27.8. The van der Waals surface area contributed by atoms with Crippen molar-refractivity contribution in [2.75, 3.05) is 24.0 Å². The molecule has 0 saturated carbocycles. The Morgan fingerprint density at radius 1 is 1.30 bits per heavy atom. The molecule has 3 rings (SSSR count). The molecule has 0 aliphatic heterocycles. The van der Waals surface area contributed by atoms with Crippen molar-refractivity contribution in [3.63, 3.8) is 0 Å². The Kier molecular flexibility index (Phi) is 8.28. The summed E-state index contributed by atoms with van der Waals surface area (Å²) >= 11 is 2.38. The van der Waals surface area contributed by atoms with Crippen LogP contribution >= 0.6 is 23.1 Å². The molecule has 0 spiro atoms. The Labute approximate surface area is 199 Å². The Balaban J connectivity index is 1.53. The zero-order valence-electron chi connectivity index (χ0n) is 18.8. The minimum atomic E-state index is -0.390. The lowest BCUT2D eigenvalue weighted by Crippen LogP contribution is -2.18. The van der Waals surface area contributed by atoms with E-state index < -0.39 is 5.97 Å². The van der Waals surface area contributed by atoms with E-state index in [0.717, 1.165) is 28.6 Å². The van der Waals surface area contributed by atoms with Gasteiger partial charge in [-0.1, -0.05) is 37.7 Å². The summed E-state index contributed by atoms with van der Waals surface area (Å²) in [5.41, 5.74) is 2.74. The summed E-state index contributed by atoms with van der Waals surface area (Å²) in [5.74, 6) is 7.05. The predicted molar refractivity (Wildman–Crippen MR) is 127 cm³/mol. The van der Waals surface area contributed by atoms with Crippen molar-refractivity contribution in [3.8, 4) is 5.75 Å². The van der Waals surface area contributed by atoms with Gasteiger partial charge in [0.15, 0.2) is 11.0 Å². The molecule has 3 N–H and O–H groups in total. The van der Waals surface area contributed by atoms with E-state index in [0.29, 0.717) is 27.7 Å². The van der Waals surface area contributed by atoms with Gasteiger partial charge in [0, 0.05) is 5.38 Å². The Morgan fingerprint density at radius 2 is 2.09 bits per heavy atom. The number of thioether (sulfide) groups is 1. The SMILES string of the molecule is COC(=O)Cc1csc(NC(=O)CSc2nnc(COc3cc(C)ccc3C(C)C)n2N)n1. The van der Waals surface area contributed by atoms with E-state index in [1.807, 2.05) is 13.0 Å². The third-order valence-corrected chi connectivity index (χ3v) is 6.32. The van der Waals surface area contributed by atoms with E-state index in [1.54, 1.807) is 5.38 Å². The van der Waals surface area contributed by atoms with Crippen LogP contribution in [0.4, 0.5) is 5.13 Å². The molecule has 0 radical (unpaired) electrons. The van der Waals surface area contributed by atoms with Crippen LogP contribution in [0.2, 0.25) is 0 Å². The predicted octanol–water partition coefficient (Wildman–Crippen LogP) is 2.91. The summed E-state index contributed by atoms with van der Waals surface area (Å²) in [6.45, 7) is 6.37. The van der Waals surface area contributed by atoms with Gasteiger partial charge in [0.1, 0.15) is 12.4 Å². The topological polar surface area (TPSA) is 134 Å². The van der Waals surface area contributed by atoms with Gasteiger partial charge in [-0.3, -0.25) is 9.59 Å². The molecular formula is C21H26N6O4S2. The van der Waals surface area contributed by atoms with E-state index >= 15 is 0 Å². The van der Waals surface area contributed by atoms with Crippen LogP contribution in [-0.4, -0.2) is 44.6 Å². The molecule has 1 amide bonds. The van der Waals surface area contributed by atoms with Gasteiger partial charge in [-0.15, -0.1) is 21.5 Å². The number of methoxy groups -OCH3 is 1. The summed E-state index contributed by atoms with van der Waals surface area (Å²) in [7, 11) is 1.31. The number of carbonyl (C=O) groups excluding carboxylic acids is 2. The number of hydrogen-bond donors (Lipinski definition) is 2. The number of ether oxygens (including phenoxy) is 2. The number of aromatic nitrogens is 4. The Morgan fingerprint density at radius 3 is 2.82 bits per heavy atom. The number of anilines is 1. The van der Waals surface area contributed by atoms with Gasteiger partial charge in [0.25, 0.3) is 0 Å². The molecule has 10 nitrogen and oxygen atoms in total. The quantitative estimate of drug-likeness (QED) is 0.250. The first-order valence-corrected chi connectivity index (χ1v) is 12.0. The Bertz CT molecular complexity index is 1130. The first kappa shape index (κ1) is 24.5. The van der Waals surface area contributed by atoms with E-state index in [2.05, 4.69) is 51.2 Å². The highest BCUT2D eigenvalue weighted by Gasteiger charge is 2.16. The van der Waals surface area contributed by atoms with Gasteiger partial charge in [-0.25, -0.2) is 9.66 Å². The number of hydrogen-bond acceptors (Lipinski definition) is 10. The van der Waals surface area contributed by atoms with Gasteiger partial charge in [0.05, 0.1) is 25.0 Å². The molecule has 0 aliphatic rings. The summed E-state index contributed by atoms with van der Waals surface area (Å²) < 4.78 is 11.9. The normalized spacial score (nSPS) is 10.9. The van der Waals surface area contributed by atoms with Crippen LogP contribution < -0.4 is 15.9 Å². The van der Waals surface area contributed by atoms with Gasteiger partial charge in [0.2, 0.25) is 11.1 Å². The molecule has 0 fully saturated rings. The average Bonchev–Trinajstić information content (AvgIpc) is 3.36. The van der Waals surface area contributed by atoms with Crippen molar-refractivity contribution in [1.29, 1.82) is 0 Å². The van der Waals surface area contributed by atoms with Crippen LogP contribution in [0.15, 0.2) is 28.7 Å². The zero-order valence-corrected chi connectivity index (χ0v) is 20.5. The molecule has 176 valence electrons. The van der Waals surface area contributed by atoms with E-state index in [4.69, 9.17) is 10.6 Å². The number of nitrogen functional groups attached to an aromatic ring is 1. The third kappa shape index (κ3) is 6.68. The number of amides is 1. The standard InChI is InChI=1S/C21H26N6O4S2/c1-12(2)15-6-5-13(3)7-16(15)31-9-17-25-26-21(27(17)22)33-11-18(28)24-20-23-14(10-32-20)8-19(29)30-4/h5-7,10,12H,8-9,11,22H2,1-4H3,(H,23,24,28). The van der Waals surface area contributed by atoms with Gasteiger partial charge in [-0.05, 0) is 30.0 Å². The van der Waals surface area contributed by atoms with Crippen molar-refractivity contribution >= 4 is 40.1 Å². The fraction of sp³-hybridized carbons (Fsp3) is 0.381. The smallest absolute Gasteiger partial charge is 0.311 e. The largest absolute Gasteiger partial charge is 0.485 e. The molecule has 0 bridgehead atoms. The second-order valence-corrected chi connectivity index (χ2v) is 9.29. The van der Waals surface area contributed by atoms with Crippen LogP contribution in [0.5, 0.6) is 5.75 Å². The number of benzene rings is 1. The number of nitrogens with one attached hydrogen (secondary N) is 1. The first-order chi connectivity index (χ1) is 15.8. The molecular weight excluding hydrogens is 464 g/mol. The highest BCUT2D eigenvalue weighted by Crippen LogP contribution is 2.28. The van der Waals surface area contributed by atoms with Gasteiger partial charge < -0.3 is 20.6 Å². The highest BCUT2D eigenvalue weighted by molar-refractivity contribution is 7.99. The maximum Gasteiger partial charge on any atom is 0.311 e. The van der Waals surface area contributed by atoms with Crippen molar-refractivity contribution < 1.29 is 19.1 Å². The van der Waals surface area contributed by atoms with Crippen LogP contribution in [-0.2, 0) is 27.4 Å². The zero-order chi connectivity index (χ0) is 24.0. The molecule has 33 heavy (non-hydrogen) atoms. The Hall–Kier alpha value is -3.12.